The van der Waals surface area contributed by atoms with E-state index in [9.17, 15) is 9.59 Å². The Hall–Kier alpha value is -2.92. The highest BCUT2D eigenvalue weighted by atomic mass is 16.5. The van der Waals surface area contributed by atoms with E-state index in [4.69, 9.17) is 4.74 Å². The predicted octanol–water partition coefficient (Wildman–Crippen LogP) is 9.33. The van der Waals surface area contributed by atoms with Crippen LogP contribution in [0.4, 0.5) is 0 Å². The Morgan fingerprint density at radius 3 is 2.37 bits per heavy atom. The molecule has 2 N–H and O–H groups in total. The third-order valence-corrected chi connectivity index (χ3v) is 15.4. The summed E-state index contributed by atoms with van der Waals surface area (Å²) in [5.41, 5.74) is 4.87. The van der Waals surface area contributed by atoms with Gasteiger partial charge in [0.2, 0.25) is 5.91 Å². The summed E-state index contributed by atoms with van der Waals surface area (Å²) in [4.78, 5) is 26.2. The quantitative estimate of drug-likeness (QED) is 0.148. The Morgan fingerprint density at radius 2 is 1.65 bits per heavy atom. The molecule has 0 aliphatic heterocycles. The van der Waals surface area contributed by atoms with Crippen LogP contribution in [0.5, 0.6) is 0 Å². The molecule has 0 radical (unpaired) electrons. The molecule has 0 heterocycles. The Balaban J connectivity index is 1.18. The van der Waals surface area contributed by atoms with E-state index in [-0.39, 0.29) is 33.0 Å². The molecule has 5 aliphatic carbocycles. The fourth-order valence-electron chi connectivity index (χ4n) is 12.9. The minimum absolute atomic E-state index is 0.0362. The van der Waals surface area contributed by atoms with E-state index >= 15 is 0 Å². The van der Waals surface area contributed by atoms with Gasteiger partial charge >= 0.3 is 5.97 Å². The van der Waals surface area contributed by atoms with E-state index in [1.165, 1.54) is 63.2 Å². The molecule has 4 fully saturated rings. The van der Waals surface area contributed by atoms with Crippen LogP contribution in [0.2, 0.25) is 0 Å². The fraction of sp³-hybridized carbons (Fsp3) is 0.636. The zero-order valence-corrected chi connectivity index (χ0v) is 31.3. The van der Waals surface area contributed by atoms with Gasteiger partial charge < -0.3 is 15.4 Å². The highest BCUT2D eigenvalue weighted by Crippen LogP contribution is 2.77. The van der Waals surface area contributed by atoms with Gasteiger partial charge in [-0.15, -0.1) is 0 Å². The van der Waals surface area contributed by atoms with Gasteiger partial charge in [0.05, 0.1) is 18.1 Å². The highest BCUT2D eigenvalue weighted by molar-refractivity contribution is 5.90. The summed E-state index contributed by atoms with van der Waals surface area (Å²) in [6, 6.07) is 8.06. The number of carbonyl (C=O) groups excluding carboxylic acids is 2. The van der Waals surface area contributed by atoms with Crippen LogP contribution in [0.25, 0.3) is 5.57 Å². The van der Waals surface area contributed by atoms with Crippen molar-refractivity contribution < 1.29 is 14.3 Å². The predicted molar refractivity (Wildman–Crippen MR) is 201 cm³/mol. The summed E-state index contributed by atoms with van der Waals surface area (Å²) in [6.07, 6.45) is 20.0. The number of allylic oxidation sites excluding steroid dienone is 4. The molecule has 0 saturated heterocycles. The van der Waals surface area contributed by atoms with E-state index in [0.29, 0.717) is 48.2 Å². The molecule has 0 aromatic heterocycles. The second-order valence-corrected chi connectivity index (χ2v) is 17.6. The number of rotatable bonds is 10. The number of esters is 1. The minimum Gasteiger partial charge on any atom is -0.465 e. The Labute approximate surface area is 296 Å². The molecule has 4 saturated carbocycles. The molecule has 1 aromatic carbocycles. The van der Waals surface area contributed by atoms with Gasteiger partial charge in [0, 0.05) is 19.6 Å². The first-order valence-electron chi connectivity index (χ1n) is 19.1. The molecular weight excluding hydrogens is 604 g/mol. The number of methoxy groups -OCH3 is 1. The first-order valence-corrected chi connectivity index (χ1v) is 19.1. The van der Waals surface area contributed by atoms with Crippen LogP contribution in [0.15, 0.2) is 67.3 Å². The lowest BCUT2D eigenvalue weighted by Crippen LogP contribution is -2.66. The zero-order valence-electron chi connectivity index (χ0n) is 31.3. The van der Waals surface area contributed by atoms with E-state index in [1.807, 2.05) is 24.3 Å². The zero-order chi connectivity index (χ0) is 35.2. The number of hydrogen-bond acceptors (Lipinski definition) is 4. The highest BCUT2D eigenvalue weighted by Gasteiger charge is 2.70. The van der Waals surface area contributed by atoms with Crippen molar-refractivity contribution in [2.75, 3.05) is 26.7 Å². The van der Waals surface area contributed by atoms with E-state index in [1.54, 1.807) is 6.08 Å². The number of amides is 1. The normalized spacial score (nSPS) is 37.6. The third-order valence-electron chi connectivity index (χ3n) is 15.4. The minimum atomic E-state index is -0.284. The smallest absolute Gasteiger partial charge is 0.337 e. The number of ether oxygens (including phenoxy) is 1. The van der Waals surface area contributed by atoms with Crippen LogP contribution in [0.1, 0.15) is 115 Å². The molecule has 0 bridgehead atoms. The lowest BCUT2D eigenvalue weighted by Gasteiger charge is -2.72. The Kier molecular flexibility index (Phi) is 9.76. The molecule has 8 atom stereocenters. The molecule has 5 heteroatoms. The van der Waals surface area contributed by atoms with Gasteiger partial charge in [-0.05, 0) is 132 Å². The molecule has 1 amide bonds. The maximum Gasteiger partial charge on any atom is 0.337 e. The summed E-state index contributed by atoms with van der Waals surface area (Å²) >= 11 is 0. The van der Waals surface area contributed by atoms with Gasteiger partial charge in [-0.2, -0.15) is 0 Å². The first-order chi connectivity index (χ1) is 23.3. The van der Waals surface area contributed by atoms with Crippen LogP contribution in [-0.4, -0.2) is 38.6 Å². The Bertz CT molecular complexity index is 1520. The molecule has 6 rings (SSSR count). The standard InChI is InChI=1S/C44H62N2O3/c1-9-10-12-30(2)29-45-27-28-46-39(48)44-22-11-13-35(44)34-18-19-37-41(5)23-20-33(31-14-16-32(17-15-31)38(47)49-8)40(3,4)36(41)21-24-43(37,7)42(34,6)25-26-44/h9-10,12,14-17,20,34-37,45H,1-2,11,13,18-19,21-29H2,3-8H3,(H,46,48)/b12-10-/t34?,35?,36?,37?,41?,42-,43?,44?/m1/s1. The summed E-state index contributed by atoms with van der Waals surface area (Å²) in [7, 11) is 1.44. The van der Waals surface area contributed by atoms with Crippen molar-refractivity contribution in [1.82, 2.24) is 10.6 Å². The average Bonchev–Trinajstić information content (AvgIpc) is 3.52. The third kappa shape index (κ3) is 5.71. The number of nitrogens with one attached hydrogen (secondary N) is 2. The van der Waals surface area contributed by atoms with Crippen molar-refractivity contribution in [3.8, 4) is 0 Å². The SMILES string of the molecule is C=C/C=C\C(=C)CNCCNC(=O)C12CCCC1C1CCC3C4(C)CC=C(c5ccc(C(=O)OC)cc5)C(C)(C)C4CCC3(C)[C@]1(C)CC2. The molecule has 0 spiro atoms. The molecular formula is C44H62N2O3. The summed E-state index contributed by atoms with van der Waals surface area (Å²) in [5, 5.41) is 6.82. The van der Waals surface area contributed by atoms with Crippen molar-refractivity contribution in [1.29, 1.82) is 0 Å². The van der Waals surface area contributed by atoms with Gasteiger partial charge in [0.25, 0.3) is 0 Å². The van der Waals surface area contributed by atoms with Crippen molar-refractivity contribution in [2.45, 2.75) is 98.8 Å². The monoisotopic (exact) mass is 666 g/mol. The van der Waals surface area contributed by atoms with Crippen molar-refractivity contribution in [3.63, 3.8) is 0 Å². The van der Waals surface area contributed by atoms with E-state index < -0.39 is 0 Å². The number of benzene rings is 1. The van der Waals surface area contributed by atoms with Gasteiger partial charge in [-0.3, -0.25) is 4.79 Å². The second-order valence-electron chi connectivity index (χ2n) is 17.6. The average molecular weight is 667 g/mol. The molecule has 5 aliphatic rings. The fourth-order valence-corrected chi connectivity index (χ4v) is 12.9. The number of hydrogen-bond donors (Lipinski definition) is 2. The Morgan fingerprint density at radius 1 is 0.898 bits per heavy atom. The maximum atomic E-state index is 14.1. The summed E-state index contributed by atoms with van der Waals surface area (Å²) in [6.45, 7) is 22.8. The number of fused-ring (bicyclic) bond motifs is 7. The number of carbonyl (C=O) groups is 2. The van der Waals surface area contributed by atoms with Crippen molar-refractivity contribution in [3.05, 3.63) is 78.4 Å². The molecule has 1 aromatic rings. The topological polar surface area (TPSA) is 67.4 Å². The second kappa shape index (κ2) is 13.3. The van der Waals surface area contributed by atoms with Crippen LogP contribution >= 0.6 is 0 Å². The van der Waals surface area contributed by atoms with Crippen LogP contribution in [0.3, 0.4) is 0 Å². The maximum absolute atomic E-state index is 14.1. The lowest BCUT2D eigenvalue weighted by molar-refractivity contribution is -0.222. The van der Waals surface area contributed by atoms with Gasteiger partial charge in [0.15, 0.2) is 0 Å². The van der Waals surface area contributed by atoms with Crippen molar-refractivity contribution in [2.24, 2.45) is 50.7 Å². The summed E-state index contributed by atoms with van der Waals surface area (Å²) in [5.74, 6) is 2.41. The molecule has 7 unspecified atom stereocenters. The van der Waals surface area contributed by atoms with Crippen LogP contribution < -0.4 is 10.6 Å². The van der Waals surface area contributed by atoms with Gasteiger partial charge in [-0.1, -0.05) is 90.6 Å². The van der Waals surface area contributed by atoms with Crippen molar-refractivity contribution >= 4 is 17.4 Å². The molecule has 5 nitrogen and oxygen atoms in total. The largest absolute Gasteiger partial charge is 0.465 e. The van der Waals surface area contributed by atoms with E-state index in [0.717, 1.165) is 31.4 Å². The molecule has 49 heavy (non-hydrogen) atoms. The van der Waals surface area contributed by atoms with Crippen LogP contribution in [0, 0.1) is 50.7 Å². The molecule has 266 valence electrons. The lowest BCUT2D eigenvalue weighted by atomic mass is 9.32. The first kappa shape index (κ1) is 35.9. The van der Waals surface area contributed by atoms with Crippen LogP contribution in [-0.2, 0) is 9.53 Å². The van der Waals surface area contributed by atoms with Gasteiger partial charge in [0.1, 0.15) is 0 Å². The van der Waals surface area contributed by atoms with Gasteiger partial charge in [-0.25, -0.2) is 4.79 Å². The van der Waals surface area contributed by atoms with E-state index in [2.05, 4.69) is 76.6 Å². The summed E-state index contributed by atoms with van der Waals surface area (Å²) < 4.78 is 4.95.